The highest BCUT2D eigenvalue weighted by Gasteiger charge is 2.52. The Morgan fingerprint density at radius 2 is 1.14 bits per heavy atom. The number of fused-ring (bicyclic) bond motifs is 1. The minimum atomic E-state index is -4.34. The maximum atomic E-state index is 15.7. The normalized spacial score (nSPS) is 29.8. The molecular weight excluding hydrogens is 1260 g/mol. The van der Waals surface area contributed by atoms with Crippen LogP contribution in [0.2, 0.25) is 0 Å². The molecule has 1 spiro atoms. The van der Waals surface area contributed by atoms with Gasteiger partial charge in [-0.2, -0.15) is 13.2 Å². The minimum Gasteiger partial charge on any atom is -0.343 e. The number of rotatable bonds is 9. The van der Waals surface area contributed by atoms with E-state index in [0.29, 0.717) is 64.5 Å². The van der Waals surface area contributed by atoms with Crippen LogP contribution in [0.25, 0.3) is 0 Å². The maximum absolute atomic E-state index is 15.7. The number of likely N-dealkylation sites (N-methyl/N-ethyl adjacent to an activating group) is 7. The van der Waals surface area contributed by atoms with E-state index in [0.717, 1.165) is 67.6 Å². The molecule has 0 bridgehead atoms. The summed E-state index contributed by atoms with van der Waals surface area (Å²) in [6.45, 7) is 4.36. The third-order valence-electron chi connectivity index (χ3n) is 23.0. The molecule has 97 heavy (non-hydrogen) atoms. The van der Waals surface area contributed by atoms with Crippen molar-refractivity contribution in [2.45, 2.75) is 255 Å². The standard InChI is InChI=1S/C70H113F3N12O12/c1-11-45(2)59-66(95)79(6)43-57(88)77(4)44-58(89)81(8)53(40-48-24-15-12-16-25-48)64(93)78(5)42-55(86)74-51(34-31-47-29-32-50(33-30-47)70(71,72)73)63(92)85-39-23-28-52(85)62(91)76-69(35-19-20-36-69)68(97)83(10)60(49-26-17-13-18-27-49)67(96)82(9)54(65(94)84-37-21-14-22-38-84)41-56(87)80(7)46(3)61(90)75-59/h45-54,59-60H,11-44H2,1-10H3,(H,74,86)(H,75,90)(H,76,91)/t45-,46-,47?,50?,51-,52-,53-,54-,59-,60-/m0/s1. The van der Waals surface area contributed by atoms with E-state index < -0.39 is 163 Å². The molecule has 546 valence electrons. The highest BCUT2D eigenvalue weighted by atomic mass is 19.4. The van der Waals surface area contributed by atoms with Gasteiger partial charge in [-0.25, -0.2) is 0 Å². The molecule has 12 amide bonds. The van der Waals surface area contributed by atoms with Crippen LogP contribution in [0.15, 0.2) is 0 Å². The lowest BCUT2D eigenvalue weighted by Gasteiger charge is -2.43. The van der Waals surface area contributed by atoms with E-state index >= 15 is 19.2 Å². The highest BCUT2D eigenvalue weighted by molar-refractivity contribution is 6.00. The Bertz CT molecular complexity index is 2800. The average Bonchev–Trinajstić information content (AvgIpc) is 1.76. The first-order chi connectivity index (χ1) is 45.9. The number of nitrogens with zero attached hydrogens (tertiary/aromatic N) is 9. The molecule has 0 aromatic carbocycles. The fourth-order valence-electron chi connectivity index (χ4n) is 16.1. The van der Waals surface area contributed by atoms with Crippen molar-refractivity contribution < 1.29 is 70.7 Å². The summed E-state index contributed by atoms with van der Waals surface area (Å²) in [6.07, 6.45) is 8.79. The number of carbonyl (C=O) groups excluding carboxylic acids is 12. The van der Waals surface area contributed by atoms with Gasteiger partial charge in [0.05, 0.1) is 32.0 Å². The summed E-state index contributed by atoms with van der Waals surface area (Å²) < 4.78 is 41.5. The van der Waals surface area contributed by atoms with Crippen molar-refractivity contribution in [2.24, 2.45) is 29.6 Å². The molecule has 3 saturated heterocycles. The molecule has 4 saturated carbocycles. The number of hydrogen-bond donors (Lipinski definition) is 3. The van der Waals surface area contributed by atoms with Crippen LogP contribution in [0, 0.1) is 29.6 Å². The third-order valence-corrected chi connectivity index (χ3v) is 23.0. The Balaban J connectivity index is 1.25. The van der Waals surface area contributed by atoms with Crippen molar-refractivity contribution in [1.82, 2.24) is 60.0 Å². The van der Waals surface area contributed by atoms with Crippen molar-refractivity contribution in [2.75, 3.05) is 88.6 Å². The fraction of sp³-hybridized carbons (Fsp3) is 0.829. The molecule has 7 fully saturated rings. The third kappa shape index (κ3) is 19.7. The van der Waals surface area contributed by atoms with E-state index in [4.69, 9.17) is 0 Å². The van der Waals surface area contributed by atoms with Crippen molar-refractivity contribution in [3.05, 3.63) is 0 Å². The molecule has 3 heterocycles. The number of amides is 12. The molecule has 3 aliphatic heterocycles. The van der Waals surface area contributed by atoms with Gasteiger partial charge in [-0.05, 0) is 133 Å². The van der Waals surface area contributed by atoms with E-state index in [2.05, 4.69) is 16.0 Å². The summed E-state index contributed by atoms with van der Waals surface area (Å²) in [6, 6.07) is -8.41. The quantitative estimate of drug-likeness (QED) is 0.268. The van der Waals surface area contributed by atoms with Crippen molar-refractivity contribution in [3.63, 3.8) is 0 Å². The number of likely N-dealkylation sites (tertiary alicyclic amines) is 1. The van der Waals surface area contributed by atoms with Crippen molar-refractivity contribution in [3.8, 4) is 0 Å². The predicted octanol–water partition coefficient (Wildman–Crippen LogP) is 5.24. The summed E-state index contributed by atoms with van der Waals surface area (Å²) in [5.41, 5.74) is -1.53. The Kier molecular flexibility index (Phi) is 28.0. The lowest BCUT2D eigenvalue weighted by molar-refractivity contribution is -0.184. The zero-order valence-electron chi connectivity index (χ0n) is 59.5. The molecule has 27 heteroatoms. The largest absolute Gasteiger partial charge is 0.391 e. The highest BCUT2D eigenvalue weighted by Crippen LogP contribution is 2.42. The monoisotopic (exact) mass is 1370 g/mol. The molecule has 7 rings (SSSR count). The van der Waals surface area contributed by atoms with Crippen LogP contribution >= 0.6 is 0 Å². The van der Waals surface area contributed by atoms with Gasteiger partial charge >= 0.3 is 6.18 Å². The van der Waals surface area contributed by atoms with Gasteiger partial charge in [0.2, 0.25) is 70.9 Å². The minimum absolute atomic E-state index is 0.00782. The first kappa shape index (κ1) is 77.8. The summed E-state index contributed by atoms with van der Waals surface area (Å²) in [5.74, 6) is -9.80. The Hall–Kier alpha value is -6.57. The summed E-state index contributed by atoms with van der Waals surface area (Å²) in [4.78, 5) is 189. The molecule has 0 aromatic rings. The first-order valence-electron chi connectivity index (χ1n) is 36.3. The number of nitrogens with one attached hydrogen (secondary N) is 3. The number of carbonyl (C=O) groups is 12. The van der Waals surface area contributed by atoms with Crippen LogP contribution in [0.1, 0.15) is 201 Å². The maximum Gasteiger partial charge on any atom is 0.391 e. The van der Waals surface area contributed by atoms with Crippen LogP contribution in [0.3, 0.4) is 0 Å². The SMILES string of the molecule is CC[C@H](C)[C@@H]1NC(=O)[C@H](C)N(C)C(=O)C[C@@H](C(=O)N2CCCCC2)N(C)C(=O)[C@H](C2CCCCC2)N(C)C(=O)C2(CCCC2)NC(=O)[C@@H]2CCCN2C(=O)[C@H](CCC2CCC(C(F)(F)F)CC2)NC(=O)CN(C)C(=O)[C@H](CC2CCCCC2)N(C)C(=O)CN(C)C(=O)CN(C)C1=O. The van der Waals surface area contributed by atoms with E-state index in [1.54, 1.807) is 11.8 Å². The van der Waals surface area contributed by atoms with Crippen LogP contribution in [0.5, 0.6) is 0 Å². The molecule has 24 nitrogen and oxygen atoms in total. The Labute approximate surface area is 572 Å². The molecule has 7 aliphatic rings. The molecule has 0 radical (unpaired) electrons. The van der Waals surface area contributed by atoms with Crippen LogP contribution in [-0.2, 0) is 57.5 Å². The zero-order chi connectivity index (χ0) is 71.2. The summed E-state index contributed by atoms with van der Waals surface area (Å²) in [5, 5.41) is 8.78. The summed E-state index contributed by atoms with van der Waals surface area (Å²) in [7, 11) is 10.0. The van der Waals surface area contributed by atoms with Gasteiger partial charge < -0.3 is 60.0 Å². The van der Waals surface area contributed by atoms with E-state index in [1.807, 2.05) is 6.92 Å². The van der Waals surface area contributed by atoms with Crippen LogP contribution in [-0.4, -0.2) is 258 Å². The van der Waals surface area contributed by atoms with Crippen molar-refractivity contribution in [1.29, 1.82) is 0 Å². The summed E-state index contributed by atoms with van der Waals surface area (Å²) >= 11 is 0. The van der Waals surface area contributed by atoms with Gasteiger partial charge in [-0.15, -0.1) is 0 Å². The van der Waals surface area contributed by atoms with E-state index in [1.165, 1.54) is 85.7 Å². The zero-order valence-corrected chi connectivity index (χ0v) is 59.5. The van der Waals surface area contributed by atoms with Gasteiger partial charge in [0.1, 0.15) is 47.8 Å². The number of halogens is 3. The average molecular weight is 1370 g/mol. The number of alkyl halides is 3. The molecule has 3 N–H and O–H groups in total. The second-order valence-electron chi connectivity index (χ2n) is 29.7. The predicted molar refractivity (Wildman–Crippen MR) is 356 cm³/mol. The topological polar surface area (TPSA) is 270 Å². The van der Waals surface area contributed by atoms with E-state index in [-0.39, 0.29) is 88.5 Å². The second kappa shape index (κ2) is 35.0. The first-order valence-corrected chi connectivity index (χ1v) is 36.3. The number of hydrogen-bond acceptors (Lipinski definition) is 12. The Morgan fingerprint density at radius 3 is 1.75 bits per heavy atom. The van der Waals surface area contributed by atoms with Gasteiger partial charge in [0.25, 0.3) is 0 Å². The molecule has 0 aromatic heterocycles. The van der Waals surface area contributed by atoms with Gasteiger partial charge in [0.15, 0.2) is 0 Å². The Morgan fingerprint density at radius 1 is 0.557 bits per heavy atom. The van der Waals surface area contributed by atoms with Gasteiger partial charge in [-0.3, -0.25) is 57.5 Å². The lowest BCUT2D eigenvalue weighted by Crippen LogP contribution is -2.65. The molecule has 4 aliphatic carbocycles. The molecule has 0 unspecified atom stereocenters. The van der Waals surface area contributed by atoms with E-state index in [9.17, 15) is 51.5 Å². The van der Waals surface area contributed by atoms with Crippen LogP contribution < -0.4 is 16.0 Å². The number of piperidine rings is 1. The fourth-order valence-corrected chi connectivity index (χ4v) is 16.1. The van der Waals surface area contributed by atoms with Gasteiger partial charge in [-0.1, -0.05) is 84.5 Å². The molecule has 8 atom stereocenters. The smallest absolute Gasteiger partial charge is 0.343 e. The molecular formula is C70H113F3N12O12. The van der Waals surface area contributed by atoms with Crippen LogP contribution in [0.4, 0.5) is 13.2 Å². The van der Waals surface area contributed by atoms with Gasteiger partial charge in [0, 0.05) is 69.0 Å². The lowest BCUT2D eigenvalue weighted by atomic mass is 9.79. The van der Waals surface area contributed by atoms with Crippen molar-refractivity contribution >= 4 is 70.9 Å². The second-order valence-corrected chi connectivity index (χ2v) is 29.7.